The Kier molecular flexibility index (Phi) is 6.36. The van der Waals surface area contributed by atoms with Crippen molar-refractivity contribution in [2.75, 3.05) is 7.11 Å². The number of fused-ring (bicyclic) bond motifs is 1. The normalized spacial score (nSPS) is 19.7. The first-order valence-corrected chi connectivity index (χ1v) is 11.0. The summed E-state index contributed by atoms with van der Waals surface area (Å²) >= 11 is 0. The van der Waals surface area contributed by atoms with Gasteiger partial charge in [0.05, 0.1) is 7.11 Å². The van der Waals surface area contributed by atoms with Gasteiger partial charge in [0.25, 0.3) is 5.91 Å². The summed E-state index contributed by atoms with van der Waals surface area (Å²) in [6.45, 7) is 0.369. The SMILES string of the molecule is COc1cccc(CN2C(=O)c3ccccc3C2C(=O)NC2CCCCCCC2)c1. The van der Waals surface area contributed by atoms with Gasteiger partial charge in [-0.25, -0.2) is 0 Å². The molecule has 1 fully saturated rings. The molecule has 1 aliphatic carbocycles. The van der Waals surface area contributed by atoms with E-state index in [0.29, 0.717) is 12.1 Å². The van der Waals surface area contributed by atoms with Crippen LogP contribution in [0.15, 0.2) is 48.5 Å². The Morgan fingerprint density at radius 2 is 1.77 bits per heavy atom. The number of hydrogen-bond acceptors (Lipinski definition) is 3. The average molecular weight is 407 g/mol. The molecule has 2 aromatic rings. The van der Waals surface area contributed by atoms with Crippen LogP contribution in [0, 0.1) is 0 Å². The van der Waals surface area contributed by atoms with Crippen molar-refractivity contribution in [3.63, 3.8) is 0 Å². The van der Waals surface area contributed by atoms with Gasteiger partial charge in [0.1, 0.15) is 11.8 Å². The van der Waals surface area contributed by atoms with E-state index in [1.807, 2.05) is 48.5 Å². The Hall–Kier alpha value is -2.82. The Morgan fingerprint density at radius 3 is 2.53 bits per heavy atom. The lowest BCUT2D eigenvalue weighted by atomic mass is 9.96. The Labute approximate surface area is 178 Å². The van der Waals surface area contributed by atoms with Crippen LogP contribution in [-0.2, 0) is 11.3 Å². The van der Waals surface area contributed by atoms with Crippen molar-refractivity contribution in [1.29, 1.82) is 0 Å². The van der Waals surface area contributed by atoms with Crippen LogP contribution >= 0.6 is 0 Å². The van der Waals surface area contributed by atoms with Gasteiger partial charge >= 0.3 is 0 Å². The number of nitrogens with zero attached hydrogens (tertiary/aromatic N) is 1. The van der Waals surface area contributed by atoms with E-state index in [9.17, 15) is 9.59 Å². The number of methoxy groups -OCH3 is 1. The van der Waals surface area contributed by atoms with E-state index in [1.54, 1.807) is 12.0 Å². The number of carbonyl (C=O) groups is 2. The van der Waals surface area contributed by atoms with Gasteiger partial charge in [-0.1, -0.05) is 62.4 Å². The molecule has 1 saturated carbocycles. The first kappa shape index (κ1) is 20.5. The zero-order valence-electron chi connectivity index (χ0n) is 17.6. The highest BCUT2D eigenvalue weighted by molar-refractivity contribution is 6.04. The van der Waals surface area contributed by atoms with Crippen LogP contribution in [0.4, 0.5) is 0 Å². The Morgan fingerprint density at radius 1 is 1.03 bits per heavy atom. The first-order chi connectivity index (χ1) is 14.7. The van der Waals surface area contributed by atoms with Crippen LogP contribution in [0.3, 0.4) is 0 Å². The summed E-state index contributed by atoms with van der Waals surface area (Å²) in [6, 6.07) is 14.7. The summed E-state index contributed by atoms with van der Waals surface area (Å²) in [4.78, 5) is 28.3. The van der Waals surface area contributed by atoms with E-state index in [0.717, 1.165) is 42.6 Å². The summed E-state index contributed by atoms with van der Waals surface area (Å²) in [5.74, 6) is 0.584. The van der Waals surface area contributed by atoms with Crippen molar-refractivity contribution in [3.05, 3.63) is 65.2 Å². The van der Waals surface area contributed by atoms with E-state index in [4.69, 9.17) is 4.74 Å². The maximum Gasteiger partial charge on any atom is 0.255 e. The molecule has 0 aromatic heterocycles. The Balaban J connectivity index is 1.58. The van der Waals surface area contributed by atoms with Crippen LogP contribution in [-0.4, -0.2) is 29.9 Å². The lowest BCUT2D eigenvalue weighted by Gasteiger charge is -2.28. The zero-order chi connectivity index (χ0) is 20.9. The highest BCUT2D eigenvalue weighted by Gasteiger charge is 2.41. The summed E-state index contributed by atoms with van der Waals surface area (Å²) in [6.07, 6.45) is 8.10. The maximum absolute atomic E-state index is 13.4. The molecule has 4 rings (SSSR count). The molecule has 0 bridgehead atoms. The van der Waals surface area contributed by atoms with Crippen LogP contribution in [0.25, 0.3) is 0 Å². The molecule has 5 nitrogen and oxygen atoms in total. The van der Waals surface area contributed by atoms with Crippen molar-refractivity contribution in [2.45, 2.75) is 63.6 Å². The highest BCUT2D eigenvalue weighted by atomic mass is 16.5. The lowest BCUT2D eigenvalue weighted by Crippen LogP contribution is -2.43. The van der Waals surface area contributed by atoms with E-state index in [-0.39, 0.29) is 17.9 Å². The quantitative estimate of drug-likeness (QED) is 0.788. The molecule has 158 valence electrons. The monoisotopic (exact) mass is 406 g/mol. The van der Waals surface area contributed by atoms with E-state index >= 15 is 0 Å². The number of nitrogens with one attached hydrogen (secondary N) is 1. The van der Waals surface area contributed by atoms with E-state index < -0.39 is 6.04 Å². The first-order valence-electron chi connectivity index (χ1n) is 11.0. The third kappa shape index (κ3) is 4.35. The van der Waals surface area contributed by atoms with E-state index in [1.165, 1.54) is 19.3 Å². The number of hydrogen-bond donors (Lipinski definition) is 1. The molecule has 0 spiro atoms. The second kappa shape index (κ2) is 9.33. The topological polar surface area (TPSA) is 58.6 Å². The van der Waals surface area contributed by atoms with Gasteiger partial charge < -0.3 is 15.0 Å². The van der Waals surface area contributed by atoms with Crippen molar-refractivity contribution in [1.82, 2.24) is 10.2 Å². The average Bonchev–Trinajstić information content (AvgIpc) is 3.02. The van der Waals surface area contributed by atoms with E-state index in [2.05, 4.69) is 5.32 Å². The molecule has 0 radical (unpaired) electrons. The summed E-state index contributed by atoms with van der Waals surface area (Å²) in [5.41, 5.74) is 2.37. The van der Waals surface area contributed by atoms with Crippen molar-refractivity contribution >= 4 is 11.8 Å². The number of carbonyl (C=O) groups excluding carboxylic acids is 2. The van der Waals surface area contributed by atoms with Gasteiger partial charge in [-0.15, -0.1) is 0 Å². The van der Waals surface area contributed by atoms with Gasteiger partial charge in [0, 0.05) is 18.2 Å². The molecule has 1 heterocycles. The maximum atomic E-state index is 13.4. The Bertz CT molecular complexity index is 903. The van der Waals surface area contributed by atoms with Gasteiger partial charge in [0.2, 0.25) is 5.91 Å². The molecule has 1 unspecified atom stereocenters. The molecule has 1 atom stereocenters. The molecule has 2 aromatic carbocycles. The minimum absolute atomic E-state index is 0.0678. The minimum Gasteiger partial charge on any atom is -0.497 e. The summed E-state index contributed by atoms with van der Waals surface area (Å²) in [7, 11) is 1.63. The van der Waals surface area contributed by atoms with Gasteiger partial charge in [-0.3, -0.25) is 9.59 Å². The number of rotatable bonds is 5. The van der Waals surface area contributed by atoms with Gasteiger partial charge in [-0.2, -0.15) is 0 Å². The molecule has 0 saturated heterocycles. The number of benzene rings is 2. The molecule has 1 N–H and O–H groups in total. The number of amides is 2. The standard InChI is InChI=1S/C25H30N2O3/c1-30-20-13-9-10-18(16-20)17-27-23(21-14-7-8-15-22(21)25(27)29)24(28)26-19-11-5-3-2-4-6-12-19/h7-10,13-16,19,23H,2-6,11-12,17H2,1H3,(H,26,28). The fraction of sp³-hybridized carbons (Fsp3) is 0.440. The third-order valence-corrected chi connectivity index (χ3v) is 6.25. The fourth-order valence-corrected chi connectivity index (χ4v) is 4.66. The van der Waals surface area contributed by atoms with Gasteiger partial charge in [-0.05, 0) is 42.2 Å². The zero-order valence-corrected chi connectivity index (χ0v) is 17.6. The summed E-state index contributed by atoms with van der Waals surface area (Å²) in [5, 5.41) is 3.27. The second-order valence-electron chi connectivity index (χ2n) is 8.32. The van der Waals surface area contributed by atoms with Crippen LogP contribution in [0.5, 0.6) is 5.75 Å². The fourth-order valence-electron chi connectivity index (χ4n) is 4.66. The predicted octanol–water partition coefficient (Wildman–Crippen LogP) is 4.62. The number of ether oxygens (including phenoxy) is 1. The second-order valence-corrected chi connectivity index (χ2v) is 8.32. The molecule has 2 amide bonds. The van der Waals surface area contributed by atoms with Crippen molar-refractivity contribution < 1.29 is 14.3 Å². The minimum atomic E-state index is -0.592. The molecule has 5 heteroatoms. The molecular formula is C25H30N2O3. The lowest BCUT2D eigenvalue weighted by molar-refractivity contribution is -0.126. The van der Waals surface area contributed by atoms with Gasteiger partial charge in [0.15, 0.2) is 0 Å². The smallest absolute Gasteiger partial charge is 0.255 e. The van der Waals surface area contributed by atoms with Crippen LogP contribution < -0.4 is 10.1 Å². The predicted molar refractivity (Wildman–Crippen MR) is 116 cm³/mol. The highest BCUT2D eigenvalue weighted by Crippen LogP contribution is 2.35. The van der Waals surface area contributed by atoms with Crippen LogP contribution in [0.2, 0.25) is 0 Å². The molecular weight excluding hydrogens is 376 g/mol. The molecule has 30 heavy (non-hydrogen) atoms. The molecule has 2 aliphatic rings. The van der Waals surface area contributed by atoms with Crippen molar-refractivity contribution in [2.24, 2.45) is 0 Å². The molecule has 1 aliphatic heterocycles. The van der Waals surface area contributed by atoms with Crippen LogP contribution in [0.1, 0.15) is 72.5 Å². The third-order valence-electron chi connectivity index (χ3n) is 6.25. The largest absolute Gasteiger partial charge is 0.497 e. The summed E-state index contributed by atoms with van der Waals surface area (Å²) < 4.78 is 5.32. The van der Waals surface area contributed by atoms with Crippen molar-refractivity contribution in [3.8, 4) is 5.75 Å².